The van der Waals surface area contributed by atoms with E-state index in [-0.39, 0.29) is 28.8 Å². The van der Waals surface area contributed by atoms with E-state index in [4.69, 9.17) is 16.3 Å². The van der Waals surface area contributed by atoms with Crippen LogP contribution in [0.3, 0.4) is 0 Å². The third kappa shape index (κ3) is 3.88. The van der Waals surface area contributed by atoms with Crippen LogP contribution in [-0.4, -0.2) is 26.7 Å². The van der Waals surface area contributed by atoms with Gasteiger partial charge in [0.05, 0.1) is 16.9 Å². The number of ether oxygens (including phenoxy) is 1. The standard InChI is InChI=1S/C19H19ClO4S/c1-12-10-17(19(21)24-12)18(14-4-3-5-15(20)11-14)13-6-8-16(9-7-13)25(2,22)23/h3-9,11-12,17-18H,10H2,1-2H3. The van der Waals surface area contributed by atoms with Crippen LogP contribution < -0.4 is 0 Å². The van der Waals surface area contributed by atoms with Crippen LogP contribution in [-0.2, 0) is 19.4 Å². The predicted molar refractivity (Wildman–Crippen MR) is 96.5 cm³/mol. The van der Waals surface area contributed by atoms with Crippen molar-refractivity contribution >= 4 is 27.4 Å². The van der Waals surface area contributed by atoms with Gasteiger partial charge in [-0.05, 0) is 48.7 Å². The Morgan fingerprint density at radius 1 is 1.12 bits per heavy atom. The van der Waals surface area contributed by atoms with Crippen molar-refractivity contribution < 1.29 is 17.9 Å². The first-order valence-corrected chi connectivity index (χ1v) is 10.3. The van der Waals surface area contributed by atoms with Gasteiger partial charge < -0.3 is 4.74 Å². The zero-order valence-electron chi connectivity index (χ0n) is 14.0. The molecule has 0 spiro atoms. The minimum absolute atomic E-state index is 0.130. The molecule has 1 fully saturated rings. The summed E-state index contributed by atoms with van der Waals surface area (Å²) in [6, 6.07) is 14.1. The summed E-state index contributed by atoms with van der Waals surface area (Å²) in [5, 5.41) is 0.592. The van der Waals surface area contributed by atoms with Crippen LogP contribution in [0.4, 0.5) is 0 Å². The Labute approximate surface area is 152 Å². The van der Waals surface area contributed by atoms with Crippen LogP contribution in [0.15, 0.2) is 53.4 Å². The number of esters is 1. The summed E-state index contributed by atoms with van der Waals surface area (Å²) in [6.45, 7) is 1.87. The van der Waals surface area contributed by atoms with Crippen molar-refractivity contribution in [1.29, 1.82) is 0 Å². The van der Waals surface area contributed by atoms with E-state index in [1.165, 1.54) is 6.26 Å². The molecule has 0 saturated carbocycles. The van der Waals surface area contributed by atoms with E-state index < -0.39 is 9.84 Å². The molecule has 0 aliphatic carbocycles. The van der Waals surface area contributed by atoms with Gasteiger partial charge >= 0.3 is 5.97 Å². The molecule has 0 radical (unpaired) electrons. The van der Waals surface area contributed by atoms with Crippen LogP contribution in [0.2, 0.25) is 5.02 Å². The zero-order valence-corrected chi connectivity index (χ0v) is 15.5. The van der Waals surface area contributed by atoms with Gasteiger partial charge in [-0.2, -0.15) is 0 Å². The van der Waals surface area contributed by atoms with E-state index in [1.54, 1.807) is 30.3 Å². The Kier molecular flexibility index (Phi) is 4.89. The number of sulfone groups is 1. The van der Waals surface area contributed by atoms with Crippen LogP contribution in [0.25, 0.3) is 0 Å². The lowest BCUT2D eigenvalue weighted by molar-refractivity contribution is -0.144. The average molecular weight is 379 g/mol. The molecule has 3 rings (SSSR count). The first-order valence-electron chi connectivity index (χ1n) is 8.01. The fourth-order valence-electron chi connectivity index (χ4n) is 3.34. The van der Waals surface area contributed by atoms with Crippen molar-refractivity contribution in [3.63, 3.8) is 0 Å². The number of benzene rings is 2. The van der Waals surface area contributed by atoms with Crippen LogP contribution in [0, 0.1) is 5.92 Å². The molecule has 0 amide bonds. The van der Waals surface area contributed by atoms with Crippen molar-refractivity contribution in [3.8, 4) is 0 Å². The lowest BCUT2D eigenvalue weighted by Crippen LogP contribution is -2.19. The van der Waals surface area contributed by atoms with E-state index in [2.05, 4.69) is 0 Å². The van der Waals surface area contributed by atoms with Gasteiger partial charge in [0.25, 0.3) is 0 Å². The molecule has 6 heteroatoms. The Morgan fingerprint density at radius 2 is 1.80 bits per heavy atom. The molecular weight excluding hydrogens is 360 g/mol. The molecule has 0 bridgehead atoms. The topological polar surface area (TPSA) is 60.4 Å². The molecule has 1 heterocycles. The summed E-state index contributed by atoms with van der Waals surface area (Å²) in [4.78, 5) is 12.6. The van der Waals surface area contributed by atoms with Crippen molar-refractivity contribution in [1.82, 2.24) is 0 Å². The van der Waals surface area contributed by atoms with Gasteiger partial charge in [0.1, 0.15) is 0 Å². The summed E-state index contributed by atoms with van der Waals surface area (Å²) < 4.78 is 28.7. The largest absolute Gasteiger partial charge is 0.462 e. The Morgan fingerprint density at radius 3 is 2.32 bits per heavy atom. The smallest absolute Gasteiger partial charge is 0.310 e. The van der Waals surface area contributed by atoms with Gasteiger partial charge in [-0.1, -0.05) is 35.9 Å². The molecule has 132 valence electrons. The van der Waals surface area contributed by atoms with Crippen molar-refractivity contribution in [3.05, 3.63) is 64.7 Å². The van der Waals surface area contributed by atoms with Crippen molar-refractivity contribution in [2.75, 3.05) is 6.26 Å². The van der Waals surface area contributed by atoms with Gasteiger partial charge in [-0.3, -0.25) is 4.79 Å². The summed E-state index contributed by atoms with van der Waals surface area (Å²) in [6.07, 6.45) is 1.66. The van der Waals surface area contributed by atoms with Crippen LogP contribution in [0.5, 0.6) is 0 Å². The predicted octanol–water partition coefficient (Wildman–Crippen LogP) is 3.83. The average Bonchev–Trinajstić information content (AvgIpc) is 2.86. The SMILES string of the molecule is CC1CC(C(c2ccc(S(C)(=O)=O)cc2)c2cccc(Cl)c2)C(=O)O1. The summed E-state index contributed by atoms with van der Waals surface area (Å²) >= 11 is 6.14. The summed E-state index contributed by atoms with van der Waals surface area (Å²) in [7, 11) is -3.27. The molecule has 3 atom stereocenters. The molecule has 2 aromatic rings. The molecule has 1 aliphatic heterocycles. The third-order valence-electron chi connectivity index (χ3n) is 4.48. The van der Waals surface area contributed by atoms with E-state index >= 15 is 0 Å². The maximum Gasteiger partial charge on any atom is 0.310 e. The van der Waals surface area contributed by atoms with Crippen LogP contribution >= 0.6 is 11.6 Å². The maximum atomic E-state index is 12.3. The van der Waals surface area contributed by atoms with Gasteiger partial charge in [0.2, 0.25) is 0 Å². The minimum atomic E-state index is -3.27. The van der Waals surface area contributed by atoms with Gasteiger partial charge in [-0.25, -0.2) is 8.42 Å². The van der Waals surface area contributed by atoms with E-state index in [1.807, 2.05) is 25.1 Å². The zero-order chi connectivity index (χ0) is 18.2. The number of carbonyl (C=O) groups excluding carboxylic acids is 1. The molecule has 0 aromatic heterocycles. The molecular formula is C19H19ClO4S. The second-order valence-electron chi connectivity index (χ2n) is 6.46. The number of rotatable bonds is 4. The maximum absolute atomic E-state index is 12.3. The van der Waals surface area contributed by atoms with E-state index in [9.17, 15) is 13.2 Å². The van der Waals surface area contributed by atoms with E-state index in [0.717, 1.165) is 11.1 Å². The normalized spacial score (nSPS) is 21.8. The number of hydrogen-bond donors (Lipinski definition) is 0. The second kappa shape index (κ2) is 6.81. The Balaban J connectivity index is 2.06. The first-order chi connectivity index (χ1) is 11.8. The molecule has 1 aliphatic rings. The minimum Gasteiger partial charge on any atom is -0.462 e. The quantitative estimate of drug-likeness (QED) is 0.758. The van der Waals surface area contributed by atoms with Gasteiger partial charge in [0, 0.05) is 17.2 Å². The third-order valence-corrected chi connectivity index (χ3v) is 5.85. The number of hydrogen-bond acceptors (Lipinski definition) is 4. The molecule has 0 N–H and O–H groups in total. The monoisotopic (exact) mass is 378 g/mol. The molecule has 2 aromatic carbocycles. The number of cyclic esters (lactones) is 1. The summed E-state index contributed by atoms with van der Waals surface area (Å²) in [5.74, 6) is -0.785. The molecule has 3 unspecified atom stereocenters. The van der Waals surface area contributed by atoms with Crippen LogP contribution in [0.1, 0.15) is 30.4 Å². The van der Waals surface area contributed by atoms with Gasteiger partial charge in [0.15, 0.2) is 9.84 Å². The van der Waals surface area contributed by atoms with Crippen molar-refractivity contribution in [2.45, 2.75) is 30.3 Å². The highest BCUT2D eigenvalue weighted by molar-refractivity contribution is 7.90. The highest BCUT2D eigenvalue weighted by atomic mass is 35.5. The number of halogens is 1. The number of carbonyl (C=O) groups is 1. The highest BCUT2D eigenvalue weighted by Crippen LogP contribution is 2.40. The fraction of sp³-hybridized carbons (Fsp3) is 0.316. The Bertz CT molecular complexity index is 890. The summed E-state index contributed by atoms with van der Waals surface area (Å²) in [5.41, 5.74) is 1.78. The molecule has 1 saturated heterocycles. The van der Waals surface area contributed by atoms with Crippen molar-refractivity contribution in [2.24, 2.45) is 5.92 Å². The lowest BCUT2D eigenvalue weighted by atomic mass is 9.79. The lowest BCUT2D eigenvalue weighted by Gasteiger charge is -2.22. The highest BCUT2D eigenvalue weighted by Gasteiger charge is 2.39. The second-order valence-corrected chi connectivity index (χ2v) is 8.92. The van der Waals surface area contributed by atoms with Gasteiger partial charge in [-0.15, -0.1) is 0 Å². The first kappa shape index (κ1) is 18.0. The molecule has 4 nitrogen and oxygen atoms in total. The molecule has 25 heavy (non-hydrogen) atoms. The fourth-order valence-corrected chi connectivity index (χ4v) is 4.17. The van der Waals surface area contributed by atoms with E-state index in [0.29, 0.717) is 11.4 Å². The Hall–Kier alpha value is -1.85.